The first-order chi connectivity index (χ1) is 6.74. The molecule has 1 heterocycles. The van der Waals surface area contributed by atoms with E-state index in [9.17, 15) is 5.11 Å². The molecule has 0 aromatic carbocycles. The molecule has 1 aromatic rings. The number of pyridine rings is 1. The van der Waals surface area contributed by atoms with Crippen molar-refractivity contribution in [3.8, 4) is 5.88 Å². The van der Waals surface area contributed by atoms with Gasteiger partial charge in [-0.1, -0.05) is 11.6 Å². The first-order valence-corrected chi connectivity index (χ1v) is 4.98. The van der Waals surface area contributed by atoms with Crippen molar-refractivity contribution in [1.82, 2.24) is 4.98 Å². The fraction of sp³-hybridized carbons (Fsp3) is 0.500. The van der Waals surface area contributed by atoms with Gasteiger partial charge < -0.3 is 9.84 Å². The summed E-state index contributed by atoms with van der Waals surface area (Å²) in [5.74, 6) is 0.739. The van der Waals surface area contributed by atoms with Crippen LogP contribution in [-0.2, 0) is 0 Å². The SMILES string of the molecule is COc1nccc(C(O)C2CC2)c1Cl. The zero-order valence-electron chi connectivity index (χ0n) is 7.90. The molecule has 14 heavy (non-hydrogen) atoms. The molecule has 3 nitrogen and oxygen atoms in total. The van der Waals surface area contributed by atoms with E-state index in [1.54, 1.807) is 12.3 Å². The molecule has 76 valence electrons. The van der Waals surface area contributed by atoms with Gasteiger partial charge in [0.05, 0.1) is 13.2 Å². The molecule has 1 unspecified atom stereocenters. The molecule has 1 N–H and O–H groups in total. The molecule has 0 spiro atoms. The minimum atomic E-state index is -0.473. The molecule has 1 atom stereocenters. The van der Waals surface area contributed by atoms with E-state index < -0.39 is 6.10 Å². The summed E-state index contributed by atoms with van der Waals surface area (Å²) in [4.78, 5) is 3.95. The number of hydrogen-bond donors (Lipinski definition) is 1. The van der Waals surface area contributed by atoms with Crippen LogP contribution < -0.4 is 4.74 Å². The maximum absolute atomic E-state index is 9.89. The van der Waals surface area contributed by atoms with Gasteiger partial charge in [-0.25, -0.2) is 4.98 Å². The van der Waals surface area contributed by atoms with Crippen molar-refractivity contribution in [2.45, 2.75) is 18.9 Å². The monoisotopic (exact) mass is 213 g/mol. The van der Waals surface area contributed by atoms with E-state index >= 15 is 0 Å². The van der Waals surface area contributed by atoms with E-state index in [4.69, 9.17) is 16.3 Å². The first kappa shape index (κ1) is 9.74. The summed E-state index contributed by atoms with van der Waals surface area (Å²) in [6, 6.07) is 1.74. The lowest BCUT2D eigenvalue weighted by Crippen LogP contribution is -2.02. The van der Waals surface area contributed by atoms with Crippen LogP contribution >= 0.6 is 11.6 Å². The van der Waals surface area contributed by atoms with Crippen molar-refractivity contribution >= 4 is 11.6 Å². The lowest BCUT2D eigenvalue weighted by molar-refractivity contribution is 0.153. The smallest absolute Gasteiger partial charge is 0.232 e. The van der Waals surface area contributed by atoms with E-state index in [1.807, 2.05) is 0 Å². The van der Waals surface area contributed by atoms with Crippen LogP contribution in [0.4, 0.5) is 0 Å². The molecule has 1 saturated carbocycles. The first-order valence-electron chi connectivity index (χ1n) is 4.60. The molecule has 2 rings (SSSR count). The van der Waals surface area contributed by atoms with Crippen LogP contribution in [0.2, 0.25) is 5.02 Å². The molecule has 0 aliphatic heterocycles. The van der Waals surface area contributed by atoms with Crippen LogP contribution in [0.15, 0.2) is 12.3 Å². The summed E-state index contributed by atoms with van der Waals surface area (Å²) >= 11 is 6.03. The van der Waals surface area contributed by atoms with Crippen molar-refractivity contribution in [2.75, 3.05) is 7.11 Å². The number of aliphatic hydroxyl groups is 1. The Hall–Kier alpha value is -0.800. The van der Waals surface area contributed by atoms with E-state index in [2.05, 4.69) is 4.98 Å². The van der Waals surface area contributed by atoms with Crippen LogP contribution in [0.3, 0.4) is 0 Å². The average molecular weight is 214 g/mol. The van der Waals surface area contributed by atoms with Crippen LogP contribution in [0.5, 0.6) is 5.88 Å². The summed E-state index contributed by atoms with van der Waals surface area (Å²) < 4.78 is 4.98. The molecule has 0 saturated heterocycles. The Balaban J connectivity index is 2.31. The topological polar surface area (TPSA) is 42.4 Å². The van der Waals surface area contributed by atoms with Crippen molar-refractivity contribution in [3.63, 3.8) is 0 Å². The molecule has 1 aliphatic carbocycles. The highest BCUT2D eigenvalue weighted by Crippen LogP contribution is 2.43. The highest BCUT2D eigenvalue weighted by Gasteiger charge is 2.32. The highest BCUT2D eigenvalue weighted by atomic mass is 35.5. The van der Waals surface area contributed by atoms with Crippen LogP contribution in [0, 0.1) is 5.92 Å². The maximum Gasteiger partial charge on any atom is 0.232 e. The Morgan fingerprint density at radius 1 is 1.64 bits per heavy atom. The average Bonchev–Trinajstić information content (AvgIpc) is 3.00. The molecule has 0 amide bonds. The Morgan fingerprint density at radius 2 is 2.36 bits per heavy atom. The fourth-order valence-electron chi connectivity index (χ4n) is 1.48. The Kier molecular flexibility index (Phi) is 2.61. The largest absolute Gasteiger partial charge is 0.480 e. The van der Waals surface area contributed by atoms with Crippen LogP contribution in [0.25, 0.3) is 0 Å². The zero-order valence-corrected chi connectivity index (χ0v) is 8.66. The maximum atomic E-state index is 9.89. The van der Waals surface area contributed by atoms with Crippen LogP contribution in [-0.4, -0.2) is 17.2 Å². The summed E-state index contributed by atoms with van der Waals surface area (Å²) in [6.45, 7) is 0. The van der Waals surface area contributed by atoms with Gasteiger partial charge in [-0.05, 0) is 24.8 Å². The lowest BCUT2D eigenvalue weighted by atomic mass is 10.1. The van der Waals surface area contributed by atoms with E-state index in [0.29, 0.717) is 16.8 Å². The third kappa shape index (κ3) is 1.70. The number of hydrogen-bond acceptors (Lipinski definition) is 3. The van der Waals surface area contributed by atoms with Crippen molar-refractivity contribution in [3.05, 3.63) is 22.8 Å². The standard InChI is InChI=1S/C10H12ClNO2/c1-14-10-8(11)7(4-5-12-10)9(13)6-2-3-6/h4-6,9,13H,2-3H2,1H3. The molecule has 1 fully saturated rings. The normalized spacial score (nSPS) is 17.9. The number of rotatable bonds is 3. The second-order valence-corrected chi connectivity index (χ2v) is 3.88. The molecule has 0 radical (unpaired) electrons. The second kappa shape index (κ2) is 3.75. The third-order valence-corrected chi connectivity index (χ3v) is 2.85. The predicted molar refractivity (Wildman–Crippen MR) is 53.5 cm³/mol. The third-order valence-electron chi connectivity index (χ3n) is 2.47. The molecule has 4 heteroatoms. The van der Waals surface area contributed by atoms with Gasteiger partial charge in [0, 0.05) is 11.8 Å². The second-order valence-electron chi connectivity index (χ2n) is 3.51. The molecule has 1 aromatic heterocycles. The Bertz CT molecular complexity index is 339. The summed E-state index contributed by atoms with van der Waals surface area (Å²) in [5, 5.41) is 10.3. The van der Waals surface area contributed by atoms with Crippen molar-refractivity contribution < 1.29 is 9.84 Å². The van der Waals surface area contributed by atoms with Crippen LogP contribution in [0.1, 0.15) is 24.5 Å². The number of aliphatic hydroxyl groups excluding tert-OH is 1. The van der Waals surface area contributed by atoms with Gasteiger partial charge >= 0.3 is 0 Å². The summed E-state index contributed by atoms with van der Waals surface area (Å²) in [7, 11) is 1.52. The van der Waals surface area contributed by atoms with Gasteiger partial charge in [-0.15, -0.1) is 0 Å². The van der Waals surface area contributed by atoms with Gasteiger partial charge in [0.15, 0.2) is 0 Å². The van der Waals surface area contributed by atoms with E-state index in [1.165, 1.54) is 7.11 Å². The predicted octanol–water partition coefficient (Wildman–Crippen LogP) is 2.19. The van der Waals surface area contributed by atoms with Crippen molar-refractivity contribution in [1.29, 1.82) is 0 Å². The minimum absolute atomic E-state index is 0.361. The molecule has 0 bridgehead atoms. The fourth-order valence-corrected chi connectivity index (χ4v) is 1.78. The summed E-state index contributed by atoms with van der Waals surface area (Å²) in [6.07, 6.45) is 3.27. The number of aromatic nitrogens is 1. The van der Waals surface area contributed by atoms with Gasteiger partial charge in [-0.3, -0.25) is 0 Å². The van der Waals surface area contributed by atoms with E-state index in [0.717, 1.165) is 18.4 Å². The summed E-state index contributed by atoms with van der Waals surface area (Å²) in [5.41, 5.74) is 0.723. The van der Waals surface area contributed by atoms with Gasteiger partial charge in [0.1, 0.15) is 5.02 Å². The molecular weight excluding hydrogens is 202 g/mol. The van der Waals surface area contributed by atoms with Gasteiger partial charge in [0.2, 0.25) is 5.88 Å². The number of nitrogens with zero attached hydrogens (tertiary/aromatic N) is 1. The zero-order chi connectivity index (χ0) is 10.1. The van der Waals surface area contributed by atoms with Gasteiger partial charge in [0.25, 0.3) is 0 Å². The minimum Gasteiger partial charge on any atom is -0.480 e. The van der Waals surface area contributed by atoms with Gasteiger partial charge in [-0.2, -0.15) is 0 Å². The Labute approximate surface area is 87.7 Å². The quantitative estimate of drug-likeness (QED) is 0.837. The number of methoxy groups -OCH3 is 1. The van der Waals surface area contributed by atoms with Crippen molar-refractivity contribution in [2.24, 2.45) is 5.92 Å². The highest BCUT2D eigenvalue weighted by molar-refractivity contribution is 6.32. The van der Waals surface area contributed by atoms with E-state index in [-0.39, 0.29) is 0 Å². The lowest BCUT2D eigenvalue weighted by Gasteiger charge is -2.12. The Morgan fingerprint density at radius 3 is 2.93 bits per heavy atom. The number of halogens is 1. The number of ether oxygens (including phenoxy) is 1. The molecule has 1 aliphatic rings. The molecular formula is C10H12ClNO2.